The molecule has 0 fully saturated rings. The molecule has 5 aromatic carbocycles. The molecular weight excluding hydrogens is 1260 g/mol. The van der Waals surface area contributed by atoms with E-state index in [4.69, 9.17) is 24.4 Å². The fourth-order valence-electron chi connectivity index (χ4n) is 11.7. The standard InChI is InChI=1S/C72H96N10O12SSi/c1-9-49(4)65(81-63(84)41-74-64(85)47-95-46-54-35-37-82-36-34-53(75-71(82)76-54)44-94-96(72(5,6)7,56-26-18-12-19-27-56)57-28-20-13-21-29-57)69(89)80-61(45-92-42-51-22-14-10-15-23-51)68(88)77-58(39-50-30-32-55(33-31-50)93-43-52-24-16-11-17-25-52)66(86)78-59(40-62(73)83)67(87)79-60(38-48(2)3)70(90)91-8/h10-33,48-49,53-54,58-61,65H,9,34-47H2,1-8H3,(H9,73,74,75,76,77,78,79,80,81,83,84,85,86,87,88,89)/p+1/t49-,53-,54-,58-,59-,60-,61-,65-/m0/s1. The van der Waals surface area contributed by atoms with Crippen molar-refractivity contribution >= 4 is 83.7 Å². The van der Waals surface area contributed by atoms with Gasteiger partial charge in [0.05, 0.1) is 70.8 Å². The molecule has 2 aliphatic heterocycles. The number of rotatable bonds is 36. The van der Waals surface area contributed by atoms with E-state index in [0.717, 1.165) is 43.0 Å². The van der Waals surface area contributed by atoms with E-state index in [1.807, 2.05) is 93.6 Å². The number of carbonyl (C=O) groups is 8. The summed E-state index contributed by atoms with van der Waals surface area (Å²) in [5.41, 5.74) is 7.86. The first-order valence-electron chi connectivity index (χ1n) is 33.0. The molecule has 10 N–H and O–H groups in total. The van der Waals surface area contributed by atoms with E-state index in [9.17, 15) is 38.4 Å². The summed E-state index contributed by atoms with van der Waals surface area (Å²) in [5, 5.41) is 25.9. The maximum absolute atomic E-state index is 14.8. The second kappa shape index (κ2) is 37.1. The molecule has 0 spiro atoms. The van der Waals surface area contributed by atoms with Crippen molar-refractivity contribution in [2.24, 2.45) is 17.6 Å². The molecule has 2 aliphatic rings. The molecule has 7 rings (SSSR count). The van der Waals surface area contributed by atoms with Crippen LogP contribution in [0.15, 0.2) is 146 Å². The maximum Gasteiger partial charge on any atom is 0.346 e. The number of esters is 1. The quantitative estimate of drug-likeness (QED) is 0.0155. The van der Waals surface area contributed by atoms with E-state index in [2.05, 4.69) is 116 Å². The summed E-state index contributed by atoms with van der Waals surface area (Å²) in [4.78, 5) is 110. The van der Waals surface area contributed by atoms with Gasteiger partial charge >= 0.3 is 11.9 Å². The van der Waals surface area contributed by atoms with Gasteiger partial charge in [-0.25, -0.2) is 4.79 Å². The number of nitrogens with two attached hydrogens (primary N) is 1. The second-order valence-corrected chi connectivity index (χ2v) is 31.3. The van der Waals surface area contributed by atoms with E-state index >= 15 is 0 Å². The molecule has 5 aromatic rings. The number of nitrogens with one attached hydrogen (secondary N) is 8. The summed E-state index contributed by atoms with van der Waals surface area (Å²) in [5.74, 6) is -4.43. The van der Waals surface area contributed by atoms with Crippen LogP contribution >= 0.6 is 11.8 Å². The van der Waals surface area contributed by atoms with Gasteiger partial charge in [0.25, 0.3) is 8.32 Å². The molecule has 22 nitrogen and oxygen atoms in total. The zero-order valence-corrected chi connectivity index (χ0v) is 58.3. The van der Waals surface area contributed by atoms with Crippen molar-refractivity contribution in [3.8, 4) is 5.75 Å². The summed E-state index contributed by atoms with van der Waals surface area (Å²) in [6, 6.07) is 40.0. The van der Waals surface area contributed by atoms with E-state index in [1.54, 1.807) is 31.2 Å². The highest BCUT2D eigenvalue weighted by atomic mass is 32.2. The third kappa shape index (κ3) is 22.5. The summed E-state index contributed by atoms with van der Waals surface area (Å²) < 4.78 is 26.6. The minimum absolute atomic E-state index is 0.0357. The van der Waals surface area contributed by atoms with Crippen LogP contribution in [0, 0.1) is 11.8 Å². The van der Waals surface area contributed by atoms with Crippen LogP contribution in [0.3, 0.4) is 0 Å². The third-order valence-electron chi connectivity index (χ3n) is 17.0. The van der Waals surface area contributed by atoms with Crippen molar-refractivity contribution in [3.63, 3.8) is 0 Å². The zero-order valence-electron chi connectivity index (χ0n) is 56.5. The number of benzene rings is 5. The summed E-state index contributed by atoms with van der Waals surface area (Å²) >= 11 is 1.45. The highest BCUT2D eigenvalue weighted by molar-refractivity contribution is 8.00. The smallest absolute Gasteiger partial charge is 0.346 e. The lowest BCUT2D eigenvalue weighted by atomic mass is 9.97. The van der Waals surface area contributed by atoms with Crippen molar-refractivity contribution in [3.05, 3.63) is 162 Å². The Morgan fingerprint density at radius 3 is 1.74 bits per heavy atom. The molecule has 0 unspecified atom stereocenters. The highest BCUT2D eigenvalue weighted by Gasteiger charge is 2.51. The average molecular weight is 1350 g/mol. The predicted molar refractivity (Wildman–Crippen MR) is 373 cm³/mol. The Labute approximate surface area is 569 Å². The van der Waals surface area contributed by atoms with Crippen LogP contribution in [-0.2, 0) is 71.9 Å². The second-order valence-electron chi connectivity index (χ2n) is 26.0. The van der Waals surface area contributed by atoms with Gasteiger partial charge in [0.1, 0.15) is 42.6 Å². The summed E-state index contributed by atoms with van der Waals surface area (Å²) in [6.07, 6.45) is 1.57. The fourth-order valence-corrected chi connectivity index (χ4v) is 17.2. The van der Waals surface area contributed by atoms with Gasteiger partial charge < -0.3 is 56.3 Å². The Bertz CT molecular complexity index is 3350. The topological polar surface area (TPSA) is 299 Å². The molecule has 8 atom stereocenters. The lowest BCUT2D eigenvalue weighted by Crippen LogP contribution is -2.68. The molecule has 0 saturated carbocycles. The van der Waals surface area contributed by atoms with E-state index in [1.165, 1.54) is 29.2 Å². The number of primary amides is 1. The number of methoxy groups -OCH3 is 1. The number of carbonyl (C=O) groups excluding carboxylic acids is 8. The predicted octanol–water partition coefficient (Wildman–Crippen LogP) is 4.11. The number of hydrogen-bond acceptors (Lipinski definition) is 15. The number of nitrogens with zero attached hydrogens (tertiary/aromatic N) is 1. The first-order valence-corrected chi connectivity index (χ1v) is 36.1. The first-order chi connectivity index (χ1) is 46.0. The van der Waals surface area contributed by atoms with Crippen LogP contribution in [0.2, 0.25) is 5.04 Å². The molecular formula is C72H97N10O12SSi+. The molecule has 7 amide bonds. The van der Waals surface area contributed by atoms with Gasteiger partial charge in [0.2, 0.25) is 41.4 Å². The van der Waals surface area contributed by atoms with E-state index < -0.39 is 105 Å². The Hall–Kier alpha value is -8.58. The van der Waals surface area contributed by atoms with Crippen LogP contribution in [-0.4, -0.2) is 160 Å². The lowest BCUT2D eigenvalue weighted by Gasteiger charge is -2.44. The molecule has 0 aliphatic carbocycles. The minimum Gasteiger partial charge on any atom is -0.489 e. The van der Waals surface area contributed by atoms with Gasteiger partial charge in [-0.05, 0) is 62.5 Å². The van der Waals surface area contributed by atoms with Gasteiger partial charge in [-0.3, -0.25) is 48.8 Å². The summed E-state index contributed by atoms with van der Waals surface area (Å²) in [6.45, 7) is 15.9. The Morgan fingerprint density at radius 2 is 1.17 bits per heavy atom. The Morgan fingerprint density at radius 1 is 0.635 bits per heavy atom. The monoisotopic (exact) mass is 1350 g/mol. The van der Waals surface area contributed by atoms with E-state index in [-0.39, 0.29) is 60.8 Å². The third-order valence-corrected chi connectivity index (χ3v) is 23.2. The maximum atomic E-state index is 14.8. The molecule has 516 valence electrons. The van der Waals surface area contributed by atoms with Crippen LogP contribution < -0.4 is 63.4 Å². The molecule has 0 radical (unpaired) electrons. The van der Waals surface area contributed by atoms with Crippen molar-refractivity contribution in [2.75, 3.05) is 51.5 Å². The van der Waals surface area contributed by atoms with Crippen LogP contribution in [0.5, 0.6) is 5.75 Å². The number of amides is 7. The number of thioether (sulfide) groups is 1. The van der Waals surface area contributed by atoms with Gasteiger partial charge in [0, 0.05) is 25.0 Å². The van der Waals surface area contributed by atoms with Crippen molar-refractivity contribution < 1.29 is 61.6 Å². The van der Waals surface area contributed by atoms with Crippen LogP contribution in [0.25, 0.3) is 0 Å². The molecule has 96 heavy (non-hydrogen) atoms. The highest BCUT2D eigenvalue weighted by Crippen LogP contribution is 2.37. The van der Waals surface area contributed by atoms with Crippen molar-refractivity contribution in [1.82, 2.24) is 42.5 Å². The lowest BCUT2D eigenvalue weighted by molar-refractivity contribution is -0.542. The van der Waals surface area contributed by atoms with E-state index in [0.29, 0.717) is 30.1 Å². The van der Waals surface area contributed by atoms with Crippen LogP contribution in [0.4, 0.5) is 0 Å². The largest absolute Gasteiger partial charge is 0.489 e. The van der Waals surface area contributed by atoms with Crippen LogP contribution in [0.1, 0.15) is 97.3 Å². The molecule has 0 saturated heterocycles. The Kier molecular flexibility index (Phi) is 28.9. The van der Waals surface area contributed by atoms with Gasteiger partial charge in [-0.15, -0.1) is 11.8 Å². The van der Waals surface area contributed by atoms with Crippen molar-refractivity contribution in [1.29, 1.82) is 0 Å². The van der Waals surface area contributed by atoms with Gasteiger partial charge in [-0.1, -0.05) is 188 Å². The Balaban J connectivity index is 0.979. The van der Waals surface area contributed by atoms with Crippen molar-refractivity contribution in [2.45, 2.75) is 148 Å². The zero-order chi connectivity index (χ0) is 69.2. The molecule has 0 bridgehead atoms. The molecule has 24 heteroatoms. The van der Waals surface area contributed by atoms with Gasteiger partial charge in [-0.2, -0.15) is 0 Å². The average Bonchev–Trinajstić information content (AvgIpc) is 0.748. The molecule has 0 aromatic heterocycles. The molecule has 2 heterocycles. The fraction of sp³-hybridized carbons (Fsp3) is 0.458. The first kappa shape index (κ1) is 74.8. The SMILES string of the molecule is CC[C@H](C)[C@H](NC(=O)CNC(=O)CSC[C@@H]1CC[N+]2=C(N[C@H](CO[Si](c3ccccc3)(c3ccccc3)C(C)(C)C)CC2)N1)C(=O)N[C@@H](COCc1ccccc1)C(=O)N[C@@H](Cc1ccc(OCc2ccccc2)cc1)C(=O)N[C@@H](CC(N)=O)C(=O)N[C@@H](CC(C)C)C(=O)OC. The minimum atomic E-state index is -2.74. The summed E-state index contributed by atoms with van der Waals surface area (Å²) in [7, 11) is -1.57. The number of hydrogen-bond donors (Lipinski definition) is 9. The number of guanidine groups is 1. The van der Waals surface area contributed by atoms with Gasteiger partial charge in [0.15, 0.2) is 0 Å². The number of ether oxygens (including phenoxy) is 3. The normalized spacial score (nSPS) is 16.5.